The van der Waals surface area contributed by atoms with Crippen molar-refractivity contribution in [3.05, 3.63) is 30.3 Å². The van der Waals surface area contributed by atoms with Crippen LogP contribution in [0.4, 0.5) is 0 Å². The van der Waals surface area contributed by atoms with Crippen LogP contribution in [0, 0.1) is 11.3 Å². The van der Waals surface area contributed by atoms with E-state index in [0.29, 0.717) is 5.75 Å². The van der Waals surface area contributed by atoms with Gasteiger partial charge in [-0.25, -0.2) is 0 Å². The average molecular weight is 262 g/mol. The summed E-state index contributed by atoms with van der Waals surface area (Å²) in [6.45, 7) is 3.35. The number of methoxy groups -OCH3 is 1. The van der Waals surface area contributed by atoms with Gasteiger partial charge in [-0.2, -0.15) is 5.26 Å². The predicted octanol–water partition coefficient (Wildman–Crippen LogP) is 1.50. The number of benzene rings is 1. The molecule has 102 valence electrons. The van der Waals surface area contributed by atoms with Gasteiger partial charge in [-0.15, -0.1) is 0 Å². The summed E-state index contributed by atoms with van der Waals surface area (Å²) in [5, 5.41) is 11.7. The molecule has 0 unspecified atom stereocenters. The van der Waals surface area contributed by atoms with Crippen LogP contribution in [0.1, 0.15) is 13.8 Å². The lowest BCUT2D eigenvalue weighted by Gasteiger charge is -2.24. The molecule has 0 fully saturated rings. The lowest BCUT2D eigenvalue weighted by molar-refractivity contribution is -0.129. The van der Waals surface area contributed by atoms with Gasteiger partial charge in [-0.05, 0) is 26.0 Å². The lowest BCUT2D eigenvalue weighted by atomic mass is 10.1. The van der Waals surface area contributed by atoms with Crippen LogP contribution in [0.3, 0.4) is 0 Å². The maximum atomic E-state index is 12.0. The highest BCUT2D eigenvalue weighted by Gasteiger charge is 2.28. The van der Waals surface area contributed by atoms with Crippen LogP contribution in [0.5, 0.6) is 5.75 Å². The van der Waals surface area contributed by atoms with Crippen LogP contribution < -0.4 is 10.1 Å². The molecule has 0 saturated heterocycles. The van der Waals surface area contributed by atoms with Gasteiger partial charge in [0, 0.05) is 7.11 Å². The number of para-hydroxylation sites is 1. The molecule has 1 rings (SSSR count). The van der Waals surface area contributed by atoms with E-state index in [1.807, 2.05) is 24.3 Å². The number of carbonyl (C=O) groups excluding carboxylic acids is 1. The molecule has 2 atom stereocenters. The number of carbonyl (C=O) groups is 1. The van der Waals surface area contributed by atoms with Crippen LogP contribution >= 0.6 is 0 Å². The summed E-state index contributed by atoms with van der Waals surface area (Å²) in [7, 11) is 1.48. The Morgan fingerprint density at radius 2 is 2.11 bits per heavy atom. The van der Waals surface area contributed by atoms with Gasteiger partial charge in [0.15, 0.2) is 6.10 Å². The first-order chi connectivity index (χ1) is 9.00. The zero-order valence-electron chi connectivity index (χ0n) is 11.3. The maximum absolute atomic E-state index is 12.0. The number of hydrogen-bond acceptors (Lipinski definition) is 4. The Balaban J connectivity index is 2.60. The molecule has 0 spiro atoms. The Hall–Kier alpha value is -2.06. The van der Waals surface area contributed by atoms with Crippen LogP contribution in [0.2, 0.25) is 0 Å². The highest BCUT2D eigenvalue weighted by Crippen LogP contribution is 2.11. The second-order valence-corrected chi connectivity index (χ2v) is 4.44. The Morgan fingerprint density at radius 3 is 2.63 bits per heavy atom. The molecule has 0 saturated carbocycles. The van der Waals surface area contributed by atoms with E-state index in [1.54, 1.807) is 26.0 Å². The van der Waals surface area contributed by atoms with Gasteiger partial charge in [0.1, 0.15) is 11.3 Å². The molecule has 5 nitrogen and oxygen atoms in total. The third-order valence-corrected chi connectivity index (χ3v) is 2.50. The molecular weight excluding hydrogens is 244 g/mol. The molecule has 5 heteroatoms. The van der Waals surface area contributed by atoms with E-state index >= 15 is 0 Å². The molecule has 1 N–H and O–H groups in total. The monoisotopic (exact) mass is 262 g/mol. The fraction of sp³-hybridized carbons (Fsp3) is 0.429. The fourth-order valence-corrected chi connectivity index (χ4v) is 1.52. The molecule has 19 heavy (non-hydrogen) atoms. The zero-order valence-corrected chi connectivity index (χ0v) is 11.3. The highest BCUT2D eigenvalue weighted by molar-refractivity contribution is 5.81. The molecule has 0 aliphatic rings. The minimum atomic E-state index is -1.06. The van der Waals surface area contributed by atoms with Crippen LogP contribution in [0.25, 0.3) is 0 Å². The summed E-state index contributed by atoms with van der Waals surface area (Å²) >= 11 is 0. The molecule has 0 aliphatic heterocycles. The molecule has 1 aromatic rings. The molecule has 0 aliphatic carbocycles. The van der Waals surface area contributed by atoms with Gasteiger partial charge >= 0.3 is 0 Å². The SMILES string of the molecule is COC[C@@](C)(C#N)NC(=O)[C@@H](C)Oc1ccccc1. The number of amides is 1. The first kappa shape index (κ1) is 15.0. The van der Waals surface area contributed by atoms with E-state index in [2.05, 4.69) is 5.32 Å². The predicted molar refractivity (Wildman–Crippen MR) is 70.6 cm³/mol. The van der Waals surface area contributed by atoms with Crippen molar-refractivity contribution >= 4 is 5.91 Å². The highest BCUT2D eigenvalue weighted by atomic mass is 16.5. The molecule has 0 radical (unpaired) electrons. The first-order valence-electron chi connectivity index (χ1n) is 5.94. The number of hydrogen-bond donors (Lipinski definition) is 1. The quantitative estimate of drug-likeness (QED) is 0.843. The van der Waals surface area contributed by atoms with E-state index in [1.165, 1.54) is 7.11 Å². The largest absolute Gasteiger partial charge is 0.481 e. The normalized spacial score (nSPS) is 14.8. The van der Waals surface area contributed by atoms with Crippen molar-refractivity contribution < 1.29 is 14.3 Å². The van der Waals surface area contributed by atoms with Crippen molar-refractivity contribution in [2.45, 2.75) is 25.5 Å². The van der Waals surface area contributed by atoms with Crippen LogP contribution in [0.15, 0.2) is 30.3 Å². The number of nitriles is 1. The summed E-state index contributed by atoms with van der Waals surface area (Å²) < 4.78 is 10.4. The van der Waals surface area contributed by atoms with E-state index in [4.69, 9.17) is 14.7 Å². The van der Waals surface area contributed by atoms with E-state index in [0.717, 1.165) is 0 Å². The summed E-state index contributed by atoms with van der Waals surface area (Å²) in [5.41, 5.74) is -1.06. The standard InChI is InChI=1S/C14H18N2O3/c1-11(19-12-7-5-4-6-8-12)13(17)16-14(2,9-15)10-18-3/h4-8,11H,10H2,1-3H3,(H,16,17)/t11-,14-/m1/s1. The topological polar surface area (TPSA) is 71.3 Å². The van der Waals surface area contributed by atoms with E-state index in [9.17, 15) is 4.79 Å². The van der Waals surface area contributed by atoms with Crippen molar-refractivity contribution in [2.75, 3.05) is 13.7 Å². The summed E-state index contributed by atoms with van der Waals surface area (Å²) in [4.78, 5) is 12.0. The third-order valence-electron chi connectivity index (χ3n) is 2.50. The Labute approximate surface area is 113 Å². The Bertz CT molecular complexity index is 456. The van der Waals surface area contributed by atoms with Gasteiger partial charge < -0.3 is 14.8 Å². The second kappa shape index (κ2) is 6.76. The molecule has 1 amide bonds. The van der Waals surface area contributed by atoms with Crippen LogP contribution in [-0.4, -0.2) is 31.3 Å². The van der Waals surface area contributed by atoms with Gasteiger partial charge in [0.2, 0.25) is 0 Å². The molecule has 1 aromatic carbocycles. The Morgan fingerprint density at radius 1 is 1.47 bits per heavy atom. The van der Waals surface area contributed by atoms with Gasteiger partial charge in [0.25, 0.3) is 5.91 Å². The maximum Gasteiger partial charge on any atom is 0.262 e. The molecule has 0 heterocycles. The minimum Gasteiger partial charge on any atom is -0.481 e. The van der Waals surface area contributed by atoms with Gasteiger partial charge in [0.05, 0.1) is 12.7 Å². The first-order valence-corrected chi connectivity index (χ1v) is 5.94. The van der Waals surface area contributed by atoms with Crippen molar-refractivity contribution in [3.63, 3.8) is 0 Å². The van der Waals surface area contributed by atoms with E-state index in [-0.39, 0.29) is 12.5 Å². The summed E-state index contributed by atoms with van der Waals surface area (Å²) in [5.74, 6) is 0.250. The number of ether oxygens (including phenoxy) is 2. The average Bonchev–Trinajstić information content (AvgIpc) is 2.40. The molecule has 0 bridgehead atoms. The van der Waals surface area contributed by atoms with Crippen molar-refractivity contribution in [1.82, 2.24) is 5.32 Å². The summed E-state index contributed by atoms with van der Waals surface area (Å²) in [6, 6.07) is 11.1. The zero-order chi connectivity index (χ0) is 14.3. The van der Waals surface area contributed by atoms with Crippen molar-refractivity contribution in [2.24, 2.45) is 0 Å². The molecule has 0 aromatic heterocycles. The van der Waals surface area contributed by atoms with E-state index < -0.39 is 11.6 Å². The van der Waals surface area contributed by atoms with Crippen molar-refractivity contribution in [1.29, 1.82) is 5.26 Å². The summed E-state index contributed by atoms with van der Waals surface area (Å²) in [6.07, 6.45) is -0.688. The number of nitrogens with one attached hydrogen (secondary N) is 1. The Kier molecular flexibility index (Phi) is 5.34. The lowest BCUT2D eigenvalue weighted by Crippen LogP contribution is -2.52. The van der Waals surface area contributed by atoms with Crippen molar-refractivity contribution in [3.8, 4) is 11.8 Å². The minimum absolute atomic E-state index is 0.118. The number of rotatable bonds is 6. The van der Waals surface area contributed by atoms with Gasteiger partial charge in [-0.1, -0.05) is 18.2 Å². The number of nitrogens with zero attached hydrogens (tertiary/aromatic N) is 1. The van der Waals surface area contributed by atoms with Gasteiger partial charge in [-0.3, -0.25) is 4.79 Å². The van der Waals surface area contributed by atoms with Crippen LogP contribution in [-0.2, 0) is 9.53 Å². The fourth-order valence-electron chi connectivity index (χ4n) is 1.52. The smallest absolute Gasteiger partial charge is 0.262 e. The third kappa shape index (κ3) is 4.60. The molecular formula is C14H18N2O3. The second-order valence-electron chi connectivity index (χ2n) is 4.44.